The number of rotatable bonds is 6. The molecule has 0 fully saturated rings. The number of carbonyl (C=O) groups is 1. The number of ether oxygens (including phenoxy) is 1. The third-order valence-corrected chi connectivity index (χ3v) is 3.22. The highest BCUT2D eigenvalue weighted by Gasteiger charge is 2.18. The first-order valence-electron chi connectivity index (χ1n) is 6.68. The summed E-state index contributed by atoms with van der Waals surface area (Å²) < 4.78 is 18.8. The number of aliphatic carboxylic acids is 1. The molecular formula is C15H17FN2O3. The first-order valence-corrected chi connectivity index (χ1v) is 6.68. The molecule has 0 saturated carbocycles. The Balaban J connectivity index is 2.44. The summed E-state index contributed by atoms with van der Waals surface area (Å²) in [6, 6.07) is 3.83. The van der Waals surface area contributed by atoms with Crippen LogP contribution in [0.1, 0.15) is 19.8 Å². The van der Waals surface area contributed by atoms with Crippen LogP contribution < -0.4 is 10.1 Å². The van der Waals surface area contributed by atoms with Crippen molar-refractivity contribution in [3.8, 4) is 5.75 Å². The number of anilines is 1. The number of fused-ring (bicyclic) bond motifs is 1. The second kappa shape index (κ2) is 6.39. The number of carboxylic acids is 1. The molecule has 1 aromatic carbocycles. The van der Waals surface area contributed by atoms with Gasteiger partial charge in [-0.3, -0.25) is 0 Å². The van der Waals surface area contributed by atoms with Crippen molar-refractivity contribution in [1.82, 2.24) is 4.98 Å². The van der Waals surface area contributed by atoms with Crippen LogP contribution in [0.2, 0.25) is 0 Å². The standard InChI is InChI=1S/C15H17FN2O3/c1-3-4-12(15(19)20)18-14-10-8-11(16)13(21-2)7-9(10)5-6-17-14/h5-8,12H,3-4H2,1-2H3,(H,17,18)(H,19,20). The number of nitrogens with one attached hydrogen (secondary N) is 1. The van der Waals surface area contributed by atoms with Crippen molar-refractivity contribution in [2.24, 2.45) is 0 Å². The zero-order chi connectivity index (χ0) is 15.4. The summed E-state index contributed by atoms with van der Waals surface area (Å²) >= 11 is 0. The quantitative estimate of drug-likeness (QED) is 0.856. The summed E-state index contributed by atoms with van der Waals surface area (Å²) in [5, 5.41) is 13.3. The van der Waals surface area contributed by atoms with Crippen LogP contribution in [0.15, 0.2) is 24.4 Å². The summed E-state index contributed by atoms with van der Waals surface area (Å²) in [5.41, 5.74) is 0. The van der Waals surface area contributed by atoms with E-state index in [2.05, 4.69) is 10.3 Å². The van der Waals surface area contributed by atoms with Crippen molar-refractivity contribution in [3.63, 3.8) is 0 Å². The molecule has 2 rings (SSSR count). The van der Waals surface area contributed by atoms with E-state index < -0.39 is 17.8 Å². The fourth-order valence-electron chi connectivity index (χ4n) is 2.16. The summed E-state index contributed by atoms with van der Waals surface area (Å²) in [7, 11) is 1.40. The maximum absolute atomic E-state index is 13.8. The molecule has 1 unspecified atom stereocenters. The van der Waals surface area contributed by atoms with Crippen molar-refractivity contribution in [2.75, 3.05) is 12.4 Å². The van der Waals surface area contributed by atoms with E-state index in [1.165, 1.54) is 13.2 Å². The average molecular weight is 292 g/mol. The van der Waals surface area contributed by atoms with E-state index in [4.69, 9.17) is 4.74 Å². The molecule has 0 radical (unpaired) electrons. The second-order valence-corrected chi connectivity index (χ2v) is 4.69. The van der Waals surface area contributed by atoms with Crippen LogP contribution in [-0.2, 0) is 4.79 Å². The largest absolute Gasteiger partial charge is 0.494 e. The first kappa shape index (κ1) is 15.0. The Hall–Kier alpha value is -2.37. The zero-order valence-corrected chi connectivity index (χ0v) is 11.9. The molecule has 0 aliphatic heterocycles. The number of methoxy groups -OCH3 is 1. The molecule has 0 amide bonds. The molecule has 1 atom stereocenters. The number of benzene rings is 1. The Morgan fingerprint density at radius 2 is 2.29 bits per heavy atom. The van der Waals surface area contributed by atoms with E-state index in [9.17, 15) is 14.3 Å². The van der Waals surface area contributed by atoms with Crippen LogP contribution in [0.25, 0.3) is 10.8 Å². The van der Waals surface area contributed by atoms with Crippen molar-refractivity contribution in [3.05, 3.63) is 30.2 Å². The van der Waals surface area contributed by atoms with E-state index in [0.717, 1.165) is 11.8 Å². The minimum absolute atomic E-state index is 0.142. The Labute approximate surface area is 121 Å². The monoisotopic (exact) mass is 292 g/mol. The molecular weight excluding hydrogens is 275 g/mol. The molecule has 0 bridgehead atoms. The molecule has 112 valence electrons. The van der Waals surface area contributed by atoms with Gasteiger partial charge in [0.25, 0.3) is 0 Å². The number of hydrogen-bond acceptors (Lipinski definition) is 4. The minimum Gasteiger partial charge on any atom is -0.494 e. The van der Waals surface area contributed by atoms with Gasteiger partial charge in [-0.2, -0.15) is 0 Å². The minimum atomic E-state index is -0.954. The first-order chi connectivity index (χ1) is 10.1. The van der Waals surface area contributed by atoms with Gasteiger partial charge in [-0.15, -0.1) is 0 Å². The van der Waals surface area contributed by atoms with Crippen LogP contribution in [0.5, 0.6) is 5.75 Å². The third kappa shape index (κ3) is 3.21. The topological polar surface area (TPSA) is 71.5 Å². The molecule has 0 saturated heterocycles. The molecule has 0 aliphatic carbocycles. The molecule has 2 aromatic rings. The lowest BCUT2D eigenvalue weighted by Gasteiger charge is -2.16. The van der Waals surface area contributed by atoms with Gasteiger partial charge in [0.05, 0.1) is 7.11 Å². The smallest absolute Gasteiger partial charge is 0.326 e. The lowest BCUT2D eigenvalue weighted by molar-refractivity contribution is -0.138. The third-order valence-electron chi connectivity index (χ3n) is 3.22. The van der Waals surface area contributed by atoms with E-state index in [0.29, 0.717) is 17.6 Å². The zero-order valence-electron chi connectivity index (χ0n) is 11.9. The molecule has 5 nitrogen and oxygen atoms in total. The number of nitrogens with zero attached hydrogens (tertiary/aromatic N) is 1. The van der Waals surface area contributed by atoms with Crippen molar-refractivity contribution < 1.29 is 19.0 Å². The van der Waals surface area contributed by atoms with E-state index in [1.807, 2.05) is 6.92 Å². The van der Waals surface area contributed by atoms with Gasteiger partial charge in [-0.25, -0.2) is 14.2 Å². The molecule has 1 aromatic heterocycles. The molecule has 0 spiro atoms. The van der Waals surface area contributed by atoms with Gasteiger partial charge < -0.3 is 15.2 Å². The summed E-state index contributed by atoms with van der Waals surface area (Å²) in [6.45, 7) is 1.90. The normalized spacial score (nSPS) is 12.1. The molecule has 6 heteroatoms. The number of halogens is 1. The van der Waals surface area contributed by atoms with Crippen LogP contribution in [-0.4, -0.2) is 29.2 Å². The Bertz CT molecular complexity index is 661. The Morgan fingerprint density at radius 1 is 1.52 bits per heavy atom. The lowest BCUT2D eigenvalue weighted by atomic mass is 10.1. The number of carboxylic acid groups (broad SMARTS) is 1. The van der Waals surface area contributed by atoms with Gasteiger partial charge in [0.2, 0.25) is 0 Å². The number of aromatic nitrogens is 1. The summed E-state index contributed by atoms with van der Waals surface area (Å²) in [5.74, 6) is -0.967. The van der Waals surface area contributed by atoms with Gasteiger partial charge in [0.15, 0.2) is 11.6 Å². The van der Waals surface area contributed by atoms with Crippen LogP contribution in [0.3, 0.4) is 0 Å². The van der Waals surface area contributed by atoms with Crippen molar-refractivity contribution >= 4 is 22.6 Å². The number of hydrogen-bond donors (Lipinski definition) is 2. The van der Waals surface area contributed by atoms with Crippen LogP contribution >= 0.6 is 0 Å². The summed E-state index contributed by atoms with van der Waals surface area (Å²) in [6.07, 6.45) is 2.73. The predicted molar refractivity (Wildman–Crippen MR) is 78.2 cm³/mol. The molecule has 0 aliphatic rings. The van der Waals surface area contributed by atoms with Gasteiger partial charge in [0.1, 0.15) is 11.9 Å². The number of pyridine rings is 1. The van der Waals surface area contributed by atoms with Crippen molar-refractivity contribution in [2.45, 2.75) is 25.8 Å². The van der Waals surface area contributed by atoms with Crippen molar-refractivity contribution in [1.29, 1.82) is 0 Å². The van der Waals surface area contributed by atoms with Gasteiger partial charge in [0, 0.05) is 11.6 Å². The second-order valence-electron chi connectivity index (χ2n) is 4.69. The molecule has 2 N–H and O–H groups in total. The molecule has 1 heterocycles. The van der Waals surface area contributed by atoms with E-state index in [1.54, 1.807) is 18.3 Å². The maximum Gasteiger partial charge on any atom is 0.326 e. The maximum atomic E-state index is 13.8. The van der Waals surface area contributed by atoms with E-state index in [-0.39, 0.29) is 5.75 Å². The van der Waals surface area contributed by atoms with E-state index >= 15 is 0 Å². The fraction of sp³-hybridized carbons (Fsp3) is 0.333. The van der Waals surface area contributed by atoms with Crippen LogP contribution in [0, 0.1) is 5.82 Å². The highest BCUT2D eigenvalue weighted by atomic mass is 19.1. The fourth-order valence-corrected chi connectivity index (χ4v) is 2.16. The highest BCUT2D eigenvalue weighted by Crippen LogP contribution is 2.28. The van der Waals surface area contributed by atoms with Gasteiger partial charge in [-0.1, -0.05) is 13.3 Å². The Morgan fingerprint density at radius 3 is 2.90 bits per heavy atom. The SMILES string of the molecule is CCCC(Nc1nccc2cc(OC)c(F)cc12)C(=O)O. The van der Waals surface area contributed by atoms with Gasteiger partial charge >= 0.3 is 5.97 Å². The van der Waals surface area contributed by atoms with Gasteiger partial charge in [-0.05, 0) is 30.0 Å². The lowest BCUT2D eigenvalue weighted by Crippen LogP contribution is -2.29. The highest BCUT2D eigenvalue weighted by molar-refractivity contribution is 5.94. The summed E-state index contributed by atoms with van der Waals surface area (Å²) in [4.78, 5) is 15.3. The van der Waals surface area contributed by atoms with Crippen LogP contribution in [0.4, 0.5) is 10.2 Å². The Kier molecular flexibility index (Phi) is 4.57. The predicted octanol–water partition coefficient (Wildman–Crippen LogP) is 3.05. The average Bonchev–Trinajstić information content (AvgIpc) is 2.46. The molecule has 21 heavy (non-hydrogen) atoms.